The Morgan fingerprint density at radius 3 is 2.59 bits per heavy atom. The summed E-state index contributed by atoms with van der Waals surface area (Å²) >= 11 is 6.10. The molecule has 0 heterocycles. The van der Waals surface area contributed by atoms with E-state index in [1.807, 2.05) is 13.0 Å². The van der Waals surface area contributed by atoms with Gasteiger partial charge in [-0.25, -0.2) is 17.9 Å². The molecule has 8 nitrogen and oxygen atoms in total. The summed E-state index contributed by atoms with van der Waals surface area (Å²) in [7, 11) is -4.21. The molecule has 0 aliphatic rings. The minimum atomic E-state index is -4.21. The van der Waals surface area contributed by atoms with Crippen LogP contribution < -0.4 is 20.5 Å². The van der Waals surface area contributed by atoms with Crippen molar-refractivity contribution in [2.24, 2.45) is 5.14 Å². The molecule has 1 atom stereocenters. The Balaban J connectivity index is 2.13. The lowest BCUT2D eigenvalue weighted by atomic mass is 9.91. The van der Waals surface area contributed by atoms with Crippen LogP contribution in [0.25, 0.3) is 0 Å². The summed E-state index contributed by atoms with van der Waals surface area (Å²) in [5, 5.41) is 21.6. The van der Waals surface area contributed by atoms with Gasteiger partial charge < -0.3 is 20.5 Å². The fraction of sp³-hybridized carbons (Fsp3) is 0.435. The Kier molecular flexibility index (Phi) is 9.44. The molecule has 1 amide bonds. The normalized spacial score (nSPS) is 12.9. The summed E-state index contributed by atoms with van der Waals surface area (Å²) in [5.74, 6) is -1.01. The quantitative estimate of drug-likeness (QED) is 0.364. The maximum atomic E-state index is 14.9. The number of amides is 1. The molecular weight excluding hydrogens is 485 g/mol. The highest BCUT2D eigenvalue weighted by atomic mass is 35.5. The van der Waals surface area contributed by atoms with Crippen molar-refractivity contribution in [2.45, 2.75) is 50.7 Å². The number of nitrogens with two attached hydrogens (primary N) is 1. The smallest absolute Gasteiger partial charge is 0.251 e. The van der Waals surface area contributed by atoms with Crippen LogP contribution in [-0.4, -0.2) is 50.8 Å². The molecule has 188 valence electrons. The molecule has 0 spiro atoms. The Bertz CT molecular complexity index is 1140. The number of primary sulfonamides is 1. The van der Waals surface area contributed by atoms with Crippen LogP contribution in [0.3, 0.4) is 0 Å². The third-order valence-corrected chi connectivity index (χ3v) is 6.24. The fourth-order valence-corrected chi connectivity index (χ4v) is 4.00. The van der Waals surface area contributed by atoms with Crippen LogP contribution >= 0.6 is 11.6 Å². The van der Waals surface area contributed by atoms with Crippen molar-refractivity contribution in [3.8, 4) is 5.75 Å². The second-order valence-corrected chi connectivity index (χ2v) is 10.6. The molecule has 0 aliphatic heterocycles. The first-order valence-corrected chi connectivity index (χ1v) is 12.6. The molecule has 0 radical (unpaired) electrons. The number of aliphatic hydroxyl groups excluding tert-OH is 1. The van der Waals surface area contributed by atoms with Crippen molar-refractivity contribution in [2.75, 3.05) is 19.7 Å². The summed E-state index contributed by atoms with van der Waals surface area (Å²) in [4.78, 5) is 12.0. The number of benzene rings is 2. The molecule has 0 bridgehead atoms. The van der Waals surface area contributed by atoms with Crippen molar-refractivity contribution < 1.29 is 27.4 Å². The molecule has 0 unspecified atom stereocenters. The van der Waals surface area contributed by atoms with Gasteiger partial charge in [-0.1, -0.05) is 17.7 Å². The Morgan fingerprint density at radius 1 is 1.29 bits per heavy atom. The molecule has 0 saturated heterocycles. The monoisotopic (exact) mass is 515 g/mol. The van der Waals surface area contributed by atoms with Crippen molar-refractivity contribution in [3.05, 3.63) is 57.9 Å². The number of ether oxygens (including phenoxy) is 1. The van der Waals surface area contributed by atoms with E-state index in [4.69, 9.17) is 21.5 Å². The highest BCUT2D eigenvalue weighted by molar-refractivity contribution is 7.89. The first kappa shape index (κ1) is 28.0. The van der Waals surface area contributed by atoms with Gasteiger partial charge in [-0.15, -0.1) is 0 Å². The number of rotatable bonds is 11. The first-order valence-electron chi connectivity index (χ1n) is 10.7. The summed E-state index contributed by atoms with van der Waals surface area (Å²) in [5.41, 5.74) is 0.117. The van der Waals surface area contributed by atoms with Crippen molar-refractivity contribution in [3.63, 3.8) is 0 Å². The zero-order valence-electron chi connectivity index (χ0n) is 19.6. The van der Waals surface area contributed by atoms with Crippen LogP contribution in [0.15, 0.2) is 35.2 Å². The zero-order chi connectivity index (χ0) is 25.7. The van der Waals surface area contributed by atoms with Gasteiger partial charge in [0, 0.05) is 29.8 Å². The van der Waals surface area contributed by atoms with E-state index in [9.17, 15) is 22.7 Å². The highest BCUT2D eigenvalue weighted by Gasteiger charge is 2.27. The maximum Gasteiger partial charge on any atom is 0.251 e. The fourth-order valence-electron chi connectivity index (χ4n) is 3.28. The third kappa shape index (κ3) is 7.92. The average molecular weight is 516 g/mol. The molecule has 34 heavy (non-hydrogen) atoms. The lowest BCUT2D eigenvalue weighted by molar-refractivity contribution is 0.0950. The van der Waals surface area contributed by atoms with Gasteiger partial charge in [0.2, 0.25) is 10.0 Å². The van der Waals surface area contributed by atoms with Gasteiger partial charge in [0.15, 0.2) is 0 Å². The molecule has 11 heteroatoms. The Morgan fingerprint density at radius 2 is 1.97 bits per heavy atom. The number of hydrogen-bond donors (Lipinski definition) is 4. The van der Waals surface area contributed by atoms with Crippen LogP contribution in [0.1, 0.15) is 42.3 Å². The number of aliphatic hydroxyl groups is 1. The molecule has 5 N–H and O–H groups in total. The minimum Gasteiger partial charge on any atom is -0.489 e. The summed E-state index contributed by atoms with van der Waals surface area (Å²) in [6.45, 7) is 7.50. The second-order valence-electron chi connectivity index (χ2n) is 8.68. The van der Waals surface area contributed by atoms with Crippen molar-refractivity contribution in [1.82, 2.24) is 10.6 Å². The first-order chi connectivity index (χ1) is 15.7. The SMILES string of the molecule is CCNC(=O)c1cc(S(N)(=O)=O)cc(F)c1CC(C)(C)NC[C@H](O)COc1cc(C)ccc1Cl. The third-order valence-electron chi connectivity index (χ3n) is 5.03. The Hall–Kier alpha value is -2.24. The number of carbonyl (C=O) groups is 1. The van der Waals surface area contributed by atoms with E-state index >= 15 is 0 Å². The number of nitrogens with one attached hydrogen (secondary N) is 2. The highest BCUT2D eigenvalue weighted by Crippen LogP contribution is 2.26. The number of halogens is 2. The summed E-state index contributed by atoms with van der Waals surface area (Å²) in [6, 6.07) is 7.20. The zero-order valence-corrected chi connectivity index (χ0v) is 21.2. The van der Waals surface area contributed by atoms with Crippen LogP contribution in [0.5, 0.6) is 5.75 Å². The van der Waals surface area contributed by atoms with E-state index in [0.717, 1.165) is 17.7 Å². The van der Waals surface area contributed by atoms with Gasteiger partial charge in [0.1, 0.15) is 24.3 Å². The number of β-amino-alcohol motifs (C(OH)–C–C–N with tert-alkyl or cyclic N) is 1. The van der Waals surface area contributed by atoms with Gasteiger partial charge in [0.05, 0.1) is 9.92 Å². The standard InChI is InChI=1S/C23H31ClFN3O5S/c1-5-27-22(30)17-9-16(34(26,31)32)10-20(25)18(17)11-23(3,4)28-12-15(29)13-33-21-8-14(2)6-7-19(21)24/h6-10,15,28-29H,5,11-13H2,1-4H3,(H,27,30)(H2,26,31,32)/t15-/m0/s1. The van der Waals surface area contributed by atoms with E-state index in [2.05, 4.69) is 10.6 Å². The van der Waals surface area contributed by atoms with Gasteiger partial charge in [0.25, 0.3) is 5.91 Å². The summed E-state index contributed by atoms with van der Waals surface area (Å²) < 4.78 is 44.0. The topological polar surface area (TPSA) is 131 Å². The van der Waals surface area contributed by atoms with Gasteiger partial charge in [-0.05, 0) is 63.9 Å². The van der Waals surface area contributed by atoms with Crippen LogP contribution in [-0.2, 0) is 16.4 Å². The number of carbonyl (C=O) groups excluding carboxylic acids is 1. The molecule has 0 saturated carbocycles. The molecule has 2 rings (SSSR count). The predicted molar refractivity (Wildman–Crippen MR) is 129 cm³/mol. The number of aryl methyl sites for hydroxylation is 1. The van der Waals surface area contributed by atoms with E-state index < -0.39 is 38.3 Å². The molecule has 0 aliphatic carbocycles. The molecule has 2 aromatic rings. The van der Waals surface area contributed by atoms with Gasteiger partial charge in [-0.3, -0.25) is 4.79 Å². The maximum absolute atomic E-state index is 14.9. The van der Waals surface area contributed by atoms with E-state index in [-0.39, 0.29) is 37.2 Å². The predicted octanol–water partition coefficient (Wildman–Crippen LogP) is 2.54. The summed E-state index contributed by atoms with van der Waals surface area (Å²) in [6.07, 6.45) is -0.860. The second kappa shape index (κ2) is 11.5. The minimum absolute atomic E-state index is 0.0200. The van der Waals surface area contributed by atoms with Gasteiger partial charge >= 0.3 is 0 Å². The van der Waals surface area contributed by atoms with Crippen LogP contribution in [0, 0.1) is 12.7 Å². The lowest BCUT2D eigenvalue weighted by Gasteiger charge is -2.29. The largest absolute Gasteiger partial charge is 0.489 e. The molecular formula is C23H31ClFN3O5S. The van der Waals surface area contributed by atoms with E-state index in [1.54, 1.807) is 32.9 Å². The number of hydrogen-bond acceptors (Lipinski definition) is 6. The molecule has 0 fully saturated rings. The molecule has 2 aromatic carbocycles. The molecule has 0 aromatic heterocycles. The lowest BCUT2D eigenvalue weighted by Crippen LogP contribution is -2.46. The Labute approximate surface area is 204 Å². The van der Waals surface area contributed by atoms with Gasteiger partial charge in [-0.2, -0.15) is 0 Å². The van der Waals surface area contributed by atoms with E-state index in [0.29, 0.717) is 10.8 Å². The van der Waals surface area contributed by atoms with Crippen molar-refractivity contribution >= 4 is 27.5 Å². The van der Waals surface area contributed by atoms with Crippen molar-refractivity contribution in [1.29, 1.82) is 0 Å². The van der Waals surface area contributed by atoms with E-state index in [1.165, 1.54) is 0 Å². The average Bonchev–Trinajstić information content (AvgIpc) is 2.73. The number of sulfonamides is 1. The van der Waals surface area contributed by atoms with Crippen LogP contribution in [0.4, 0.5) is 4.39 Å². The van der Waals surface area contributed by atoms with Crippen LogP contribution in [0.2, 0.25) is 5.02 Å².